The van der Waals surface area contributed by atoms with E-state index in [0.717, 1.165) is 39.6 Å². The summed E-state index contributed by atoms with van der Waals surface area (Å²) in [4.78, 5) is 30.2. The van der Waals surface area contributed by atoms with Crippen LogP contribution in [0.5, 0.6) is 0 Å². The first-order valence-electron chi connectivity index (χ1n) is 17.3. The van der Waals surface area contributed by atoms with Gasteiger partial charge in [0.2, 0.25) is 5.78 Å². The number of rotatable bonds is 7. The van der Waals surface area contributed by atoms with Gasteiger partial charge in [-0.05, 0) is 105 Å². The van der Waals surface area contributed by atoms with Crippen LogP contribution in [0.4, 0.5) is 4.79 Å². The van der Waals surface area contributed by atoms with Crippen molar-refractivity contribution in [3.63, 3.8) is 0 Å². The largest absolute Gasteiger partial charge is 0.450 e. The first-order chi connectivity index (χ1) is 23.1. The number of carbonyl (C=O) groups excluding carboxylic acids is 2. The smallest absolute Gasteiger partial charge is 0.410 e. The van der Waals surface area contributed by atoms with Crippen molar-refractivity contribution in [1.29, 1.82) is 0 Å². The van der Waals surface area contributed by atoms with Gasteiger partial charge in [0.05, 0.1) is 29.7 Å². The van der Waals surface area contributed by atoms with Crippen LogP contribution in [0.1, 0.15) is 97.1 Å². The quantitative estimate of drug-likeness (QED) is 0.152. The van der Waals surface area contributed by atoms with Crippen molar-refractivity contribution in [2.75, 3.05) is 13.2 Å². The van der Waals surface area contributed by atoms with Gasteiger partial charge in [-0.1, -0.05) is 79.2 Å². The number of allylic oxidation sites excluding steroid dienone is 2. The van der Waals surface area contributed by atoms with Crippen LogP contribution in [-0.4, -0.2) is 51.8 Å². The molecule has 1 amide bonds. The Morgan fingerprint density at radius 1 is 1.00 bits per heavy atom. The van der Waals surface area contributed by atoms with Gasteiger partial charge in [0.15, 0.2) is 0 Å². The molecule has 6 nitrogen and oxygen atoms in total. The number of thiophene rings is 1. The molecular formula is C41H47NO5S. The maximum Gasteiger partial charge on any atom is 0.410 e. The zero-order chi connectivity index (χ0) is 33.9. The summed E-state index contributed by atoms with van der Waals surface area (Å²) in [6.45, 7) is 6.75. The van der Waals surface area contributed by atoms with Gasteiger partial charge in [0.25, 0.3) is 0 Å². The second kappa shape index (κ2) is 14.4. The van der Waals surface area contributed by atoms with E-state index >= 15 is 0 Å². The highest BCUT2D eigenvalue weighted by molar-refractivity contribution is 7.21. The number of nitrogens with zero attached hydrogens (tertiary/aromatic N) is 1. The minimum atomic E-state index is -1.23. The van der Waals surface area contributed by atoms with Crippen molar-refractivity contribution in [2.45, 2.75) is 89.9 Å². The Morgan fingerprint density at radius 2 is 1.77 bits per heavy atom. The van der Waals surface area contributed by atoms with E-state index in [1.165, 1.54) is 16.9 Å². The summed E-state index contributed by atoms with van der Waals surface area (Å²) in [5, 5.41) is 24.8. The third-order valence-corrected chi connectivity index (χ3v) is 11.9. The molecule has 0 radical (unpaired) electrons. The number of carbonyl (C=O) groups is 2. The number of ether oxygens (including phenoxy) is 1. The Kier molecular flexibility index (Phi) is 10.2. The van der Waals surface area contributed by atoms with Crippen molar-refractivity contribution < 1.29 is 24.5 Å². The minimum Gasteiger partial charge on any atom is -0.450 e. The van der Waals surface area contributed by atoms with Gasteiger partial charge in [-0.2, -0.15) is 0 Å². The molecule has 1 aromatic heterocycles. The molecule has 2 N–H and O–H groups in total. The highest BCUT2D eigenvalue weighted by Gasteiger charge is 2.57. The Bertz CT molecular complexity index is 1760. The van der Waals surface area contributed by atoms with E-state index in [1.807, 2.05) is 72.8 Å². The van der Waals surface area contributed by atoms with Crippen LogP contribution in [0.2, 0.25) is 0 Å². The first kappa shape index (κ1) is 34.1. The molecule has 0 unspecified atom stereocenters. The summed E-state index contributed by atoms with van der Waals surface area (Å²) < 4.78 is 6.57. The van der Waals surface area contributed by atoms with Crippen LogP contribution in [0.15, 0.2) is 90.5 Å². The predicted molar refractivity (Wildman–Crippen MR) is 193 cm³/mol. The molecule has 0 spiro atoms. The molecule has 4 aromatic rings. The minimum absolute atomic E-state index is 0.0274. The summed E-state index contributed by atoms with van der Waals surface area (Å²) >= 11 is 1.50. The van der Waals surface area contributed by atoms with E-state index in [9.17, 15) is 19.8 Å². The van der Waals surface area contributed by atoms with Crippen molar-refractivity contribution >= 4 is 33.3 Å². The molecule has 7 heteroatoms. The Morgan fingerprint density at radius 3 is 2.54 bits per heavy atom. The fraction of sp³-hybridized carbons (Fsp3) is 0.415. The van der Waals surface area contributed by atoms with Crippen LogP contribution < -0.4 is 0 Å². The van der Waals surface area contributed by atoms with Crippen molar-refractivity contribution in [3.8, 4) is 0 Å². The number of hydrogen-bond donors (Lipinski definition) is 2. The van der Waals surface area contributed by atoms with Gasteiger partial charge in [-0.15, -0.1) is 11.3 Å². The van der Waals surface area contributed by atoms with E-state index < -0.39 is 23.2 Å². The summed E-state index contributed by atoms with van der Waals surface area (Å²) in [5.41, 5.74) is 2.79. The fourth-order valence-corrected chi connectivity index (χ4v) is 8.96. The zero-order valence-corrected chi connectivity index (χ0v) is 29.1. The summed E-state index contributed by atoms with van der Waals surface area (Å²) in [7, 11) is 0. The molecule has 1 heterocycles. The molecule has 1 saturated carbocycles. The number of aliphatic hydroxyl groups is 2. The van der Waals surface area contributed by atoms with Crippen LogP contribution in [0, 0.1) is 5.41 Å². The van der Waals surface area contributed by atoms with Crippen molar-refractivity contribution in [3.05, 3.63) is 118 Å². The van der Waals surface area contributed by atoms with Gasteiger partial charge in [-0.3, -0.25) is 4.79 Å². The number of hydrogen-bond acceptors (Lipinski definition) is 6. The molecule has 48 heavy (non-hydrogen) atoms. The Hall–Kier alpha value is -3.78. The molecule has 3 aliphatic rings. The van der Waals surface area contributed by atoms with Crippen molar-refractivity contribution in [2.24, 2.45) is 5.41 Å². The van der Waals surface area contributed by atoms with Crippen LogP contribution in [0.3, 0.4) is 0 Å². The maximum absolute atomic E-state index is 14.5. The predicted octanol–water partition coefficient (Wildman–Crippen LogP) is 8.83. The molecular weight excluding hydrogens is 619 g/mol. The van der Waals surface area contributed by atoms with E-state index in [1.54, 1.807) is 11.8 Å². The second-order valence-corrected chi connectivity index (χ2v) is 15.0. The van der Waals surface area contributed by atoms with Crippen molar-refractivity contribution in [1.82, 2.24) is 4.90 Å². The molecule has 7 rings (SSSR count). The maximum atomic E-state index is 14.5. The lowest BCUT2D eigenvalue weighted by molar-refractivity contribution is -0.0821. The van der Waals surface area contributed by atoms with E-state index in [-0.39, 0.29) is 24.9 Å². The molecule has 0 aliphatic heterocycles. The third-order valence-electron chi connectivity index (χ3n) is 10.8. The SMILES string of the molecule is CCOC(=O)N(Cc1ccccc1)C[C@]1(O)CC[C@H]2c3ccc(cc3C(=O)c3cc4ccccc4s3)C[C@@H](O)CCC(C)=CCC[C@@]21C. The highest BCUT2D eigenvalue weighted by atomic mass is 32.1. The molecule has 252 valence electrons. The molecule has 4 atom stereocenters. The lowest BCUT2D eigenvalue weighted by Gasteiger charge is -2.46. The number of ketones is 1. The lowest BCUT2D eigenvalue weighted by Crippen LogP contribution is -2.53. The fourth-order valence-electron chi connectivity index (χ4n) is 7.94. The van der Waals surface area contributed by atoms with E-state index in [4.69, 9.17) is 4.74 Å². The average Bonchev–Trinajstić information content (AvgIpc) is 3.62. The van der Waals surface area contributed by atoms with Gasteiger partial charge < -0.3 is 19.8 Å². The van der Waals surface area contributed by atoms with Gasteiger partial charge in [0, 0.05) is 22.2 Å². The normalized spacial score (nSPS) is 24.5. The molecule has 2 bridgehead atoms. The lowest BCUT2D eigenvalue weighted by atomic mass is 9.64. The molecule has 1 fully saturated rings. The van der Waals surface area contributed by atoms with Crippen LogP contribution >= 0.6 is 11.3 Å². The van der Waals surface area contributed by atoms with E-state index in [0.29, 0.717) is 49.1 Å². The second-order valence-electron chi connectivity index (χ2n) is 14.0. The monoisotopic (exact) mass is 665 g/mol. The summed E-state index contributed by atoms with van der Waals surface area (Å²) in [6.07, 6.45) is 5.76. The molecule has 3 aliphatic carbocycles. The average molecular weight is 666 g/mol. The Balaban J connectivity index is 1.43. The van der Waals surface area contributed by atoms with Gasteiger partial charge >= 0.3 is 6.09 Å². The number of fused-ring (bicyclic) bond motifs is 9. The zero-order valence-electron chi connectivity index (χ0n) is 28.3. The standard InChI is InChI=1S/C41H47NO5S/c1-4-47-39(45)42(26-29-12-6-5-7-13-29)27-41(46)22-20-35-33-19-17-30(23-32(43)18-16-28(2)11-10-21-40(35,41)3)24-34(33)38(44)37-25-31-14-8-9-15-36(31)48-37/h5-9,11-15,17,19,24-25,32,35,43,46H,4,10,16,18,20-23,26-27H2,1-3H3/t32-,35-,40-,41+/m0/s1. The van der Waals surface area contributed by atoms with Gasteiger partial charge in [0.1, 0.15) is 0 Å². The topological polar surface area (TPSA) is 87.1 Å². The third kappa shape index (κ3) is 7.00. The summed E-state index contributed by atoms with van der Waals surface area (Å²) in [5.74, 6) is -0.160. The number of benzene rings is 3. The summed E-state index contributed by atoms with van der Waals surface area (Å²) in [6, 6.07) is 25.9. The van der Waals surface area contributed by atoms with Crippen LogP contribution in [-0.2, 0) is 17.7 Å². The highest BCUT2D eigenvalue weighted by Crippen LogP contribution is 2.59. The Labute approximate surface area is 288 Å². The van der Waals surface area contributed by atoms with E-state index in [2.05, 4.69) is 26.0 Å². The number of aliphatic hydroxyl groups excluding tert-OH is 1. The number of amides is 1. The molecule has 3 aromatic carbocycles. The van der Waals surface area contributed by atoms with Gasteiger partial charge in [-0.25, -0.2) is 4.79 Å². The first-order valence-corrected chi connectivity index (χ1v) is 18.1. The van der Waals surface area contributed by atoms with Crippen LogP contribution in [0.25, 0.3) is 10.1 Å². The molecule has 0 saturated heterocycles.